The van der Waals surface area contributed by atoms with Crippen LogP contribution in [0, 0.1) is 6.85 Å². The summed E-state index contributed by atoms with van der Waals surface area (Å²) in [4.78, 5) is 9.14. The minimum Gasteiger partial charge on any atom is -0.438 e. The van der Waals surface area contributed by atoms with Gasteiger partial charge in [-0.1, -0.05) is 60.7 Å². The maximum Gasteiger partial charge on any atom is 0.257 e. The molecule has 0 unspecified atom stereocenters. The van der Waals surface area contributed by atoms with Gasteiger partial charge in [0.1, 0.15) is 5.58 Å². The normalized spacial score (nSPS) is 14.7. The number of pyridine rings is 1. The Bertz CT molecular complexity index is 2240. The summed E-state index contributed by atoms with van der Waals surface area (Å²) in [5.74, 6) is 0. The van der Waals surface area contributed by atoms with Crippen molar-refractivity contribution < 1.29 is 8.53 Å². The Morgan fingerprint density at radius 2 is 1.27 bits per heavy atom. The third kappa shape index (κ3) is 3.03. The third-order valence-electron chi connectivity index (χ3n) is 8.43. The number of hydrogen-bond donors (Lipinski definition) is 0. The molecule has 5 heteroatoms. The first-order valence-corrected chi connectivity index (χ1v) is 13.8. The molecule has 2 aliphatic heterocycles. The van der Waals surface area contributed by atoms with E-state index in [-0.39, 0.29) is 12.3 Å². The van der Waals surface area contributed by atoms with Gasteiger partial charge < -0.3 is 14.2 Å². The summed E-state index contributed by atoms with van der Waals surface area (Å²) in [6.45, 7) is -2.47. The van der Waals surface area contributed by atoms with Crippen LogP contribution in [0.15, 0.2) is 132 Å². The Morgan fingerprint density at radius 3 is 2.00 bits per heavy atom. The lowest BCUT2D eigenvalue weighted by Crippen LogP contribution is -2.61. The number of fused-ring (bicyclic) bond motifs is 8. The number of nitrogens with zero attached hydrogens (tertiary/aromatic N) is 3. The lowest BCUT2D eigenvalue weighted by molar-refractivity contribution is 0.656. The first-order valence-electron chi connectivity index (χ1n) is 15.3. The van der Waals surface area contributed by atoms with E-state index in [4.69, 9.17) is 8.53 Å². The molecule has 4 nitrogen and oxygen atoms in total. The molecule has 2 aromatic heterocycles. The second kappa shape index (κ2) is 8.36. The molecule has 9 rings (SSSR count). The Balaban J connectivity index is 1.44. The molecule has 41 heavy (non-hydrogen) atoms. The minimum absolute atomic E-state index is 0.159. The van der Waals surface area contributed by atoms with Gasteiger partial charge in [0.25, 0.3) is 6.71 Å². The Morgan fingerprint density at radius 1 is 0.634 bits per heavy atom. The number of aromatic nitrogens is 1. The van der Waals surface area contributed by atoms with Crippen LogP contribution in [0.5, 0.6) is 0 Å². The van der Waals surface area contributed by atoms with Crippen molar-refractivity contribution in [2.75, 3.05) is 9.80 Å². The number of aryl methyl sites for hydroxylation is 1. The van der Waals surface area contributed by atoms with Gasteiger partial charge in [0.05, 0.1) is 5.39 Å². The molecule has 7 aromatic rings. The van der Waals surface area contributed by atoms with E-state index in [0.29, 0.717) is 16.7 Å². The fraction of sp³-hybridized carbons (Fsp3) is 0.0278. The molecular formula is C36H24BN3O. The summed E-state index contributed by atoms with van der Waals surface area (Å²) in [5.41, 5.74) is 11.0. The van der Waals surface area contributed by atoms with E-state index in [1.165, 1.54) is 11.7 Å². The van der Waals surface area contributed by atoms with Gasteiger partial charge in [-0.3, -0.25) is 0 Å². The van der Waals surface area contributed by atoms with E-state index in [9.17, 15) is 0 Å². The van der Waals surface area contributed by atoms with E-state index in [0.717, 1.165) is 50.4 Å². The summed E-state index contributed by atoms with van der Waals surface area (Å²) >= 11 is 0. The molecule has 0 saturated carbocycles. The van der Waals surface area contributed by atoms with Crippen molar-refractivity contribution in [3.8, 4) is 0 Å². The Labute approximate surface area is 242 Å². The van der Waals surface area contributed by atoms with E-state index in [1.54, 1.807) is 6.07 Å². The van der Waals surface area contributed by atoms with Crippen molar-refractivity contribution in [2.24, 2.45) is 0 Å². The van der Waals surface area contributed by atoms with Crippen LogP contribution >= 0.6 is 0 Å². The van der Waals surface area contributed by atoms with Crippen molar-refractivity contribution in [3.63, 3.8) is 0 Å². The standard InChI is InChI=1S/C36H24BN3O/c1-23-21-22-38-36-32(23)26-19-20-31-34(35(26)41-36)37-27-15-8-9-16-28(27)39(24-11-4-2-5-12-24)29-17-10-18-30(33(29)37)40(31)25-13-6-3-7-14-25/h2-22H,1H3/i1D3. The largest absolute Gasteiger partial charge is 0.438 e. The van der Waals surface area contributed by atoms with Gasteiger partial charge in [-0.2, -0.15) is 0 Å². The maximum atomic E-state index is 8.26. The summed E-state index contributed by atoms with van der Waals surface area (Å²) < 4.78 is 31.4. The predicted octanol–water partition coefficient (Wildman–Crippen LogP) is 7.37. The molecule has 0 saturated heterocycles. The van der Waals surface area contributed by atoms with Gasteiger partial charge in [0.15, 0.2) is 0 Å². The molecule has 0 fully saturated rings. The molecule has 0 aliphatic carbocycles. The Hall–Kier alpha value is -5.29. The van der Waals surface area contributed by atoms with Crippen LogP contribution in [0.25, 0.3) is 22.1 Å². The molecule has 4 heterocycles. The number of para-hydroxylation sites is 3. The van der Waals surface area contributed by atoms with Gasteiger partial charge in [-0.15, -0.1) is 0 Å². The van der Waals surface area contributed by atoms with Crippen LogP contribution < -0.4 is 26.2 Å². The van der Waals surface area contributed by atoms with Crippen LogP contribution in [0.1, 0.15) is 9.68 Å². The smallest absolute Gasteiger partial charge is 0.257 e. The lowest BCUT2D eigenvalue weighted by atomic mass is 9.33. The van der Waals surface area contributed by atoms with Gasteiger partial charge >= 0.3 is 0 Å². The monoisotopic (exact) mass is 528 g/mol. The molecule has 0 amide bonds. The fourth-order valence-corrected chi connectivity index (χ4v) is 6.83. The van der Waals surface area contributed by atoms with Crippen LogP contribution in [-0.4, -0.2) is 11.7 Å². The first-order chi connectivity index (χ1) is 21.5. The SMILES string of the molecule is [2H]C([2H])([2H])c1ccnc2oc3c4c(ccc3c12)N(c1ccccc1)c1cccc2c1B4c1ccccc1N2c1ccccc1. The highest BCUT2D eigenvalue weighted by atomic mass is 16.3. The average Bonchev–Trinajstić information content (AvgIpc) is 3.44. The van der Waals surface area contributed by atoms with Crippen molar-refractivity contribution in [2.45, 2.75) is 6.85 Å². The van der Waals surface area contributed by atoms with Crippen LogP contribution in [0.2, 0.25) is 0 Å². The van der Waals surface area contributed by atoms with E-state index in [1.807, 2.05) is 30.3 Å². The number of benzene rings is 5. The highest BCUT2D eigenvalue weighted by Crippen LogP contribution is 2.45. The second-order valence-corrected chi connectivity index (χ2v) is 10.6. The molecule has 0 spiro atoms. The van der Waals surface area contributed by atoms with Gasteiger partial charge in [0.2, 0.25) is 5.71 Å². The zero-order valence-corrected chi connectivity index (χ0v) is 22.0. The highest BCUT2D eigenvalue weighted by molar-refractivity contribution is 7.01. The summed E-state index contributed by atoms with van der Waals surface area (Å²) in [7, 11) is 0. The number of hydrogen-bond acceptors (Lipinski definition) is 4. The number of furan rings is 1. The van der Waals surface area contributed by atoms with Crippen molar-refractivity contribution in [3.05, 3.63) is 133 Å². The molecule has 0 N–H and O–H groups in total. The first kappa shape index (κ1) is 19.7. The molecule has 192 valence electrons. The van der Waals surface area contributed by atoms with Gasteiger partial charge in [0, 0.05) is 49.8 Å². The summed E-state index contributed by atoms with van der Waals surface area (Å²) in [6.07, 6.45) is 1.52. The van der Waals surface area contributed by atoms with Crippen molar-refractivity contribution in [1.29, 1.82) is 0 Å². The molecular weight excluding hydrogens is 501 g/mol. The predicted molar refractivity (Wildman–Crippen MR) is 170 cm³/mol. The highest BCUT2D eigenvalue weighted by Gasteiger charge is 2.44. The zero-order chi connectivity index (χ0) is 29.6. The van der Waals surface area contributed by atoms with Crippen molar-refractivity contribution in [1.82, 2.24) is 4.98 Å². The van der Waals surface area contributed by atoms with E-state index in [2.05, 4.69) is 99.7 Å². The Kier molecular flexibility index (Phi) is 4.02. The van der Waals surface area contributed by atoms with Crippen LogP contribution in [0.4, 0.5) is 34.1 Å². The third-order valence-corrected chi connectivity index (χ3v) is 8.43. The topological polar surface area (TPSA) is 32.5 Å². The number of rotatable bonds is 2. The molecule has 5 aromatic carbocycles. The zero-order valence-electron chi connectivity index (χ0n) is 25.0. The van der Waals surface area contributed by atoms with Gasteiger partial charge in [-0.05, 0) is 89.5 Å². The molecule has 2 aliphatic rings. The molecule has 0 bridgehead atoms. The lowest BCUT2D eigenvalue weighted by Gasteiger charge is -2.43. The second-order valence-electron chi connectivity index (χ2n) is 10.6. The maximum absolute atomic E-state index is 8.26. The quantitative estimate of drug-likeness (QED) is 0.219. The minimum atomic E-state index is -2.31. The average molecular weight is 528 g/mol. The van der Waals surface area contributed by atoms with E-state index >= 15 is 0 Å². The van der Waals surface area contributed by atoms with Crippen molar-refractivity contribution >= 4 is 79.3 Å². The number of anilines is 6. The van der Waals surface area contributed by atoms with E-state index < -0.39 is 6.85 Å². The van der Waals surface area contributed by atoms with Crippen LogP contribution in [-0.2, 0) is 0 Å². The molecule has 0 radical (unpaired) electrons. The van der Waals surface area contributed by atoms with Crippen LogP contribution in [0.3, 0.4) is 0 Å². The summed E-state index contributed by atoms with van der Waals surface area (Å²) in [5, 5.41) is 1.31. The molecule has 0 atom stereocenters. The summed E-state index contributed by atoms with van der Waals surface area (Å²) in [6, 6.07) is 41.6. The fourth-order valence-electron chi connectivity index (χ4n) is 6.83. The van der Waals surface area contributed by atoms with Gasteiger partial charge in [-0.25, -0.2) is 4.98 Å².